The first-order chi connectivity index (χ1) is 5.86. The summed E-state index contributed by atoms with van der Waals surface area (Å²) in [6.45, 7) is 2.27. The molecule has 5 heteroatoms. The highest BCUT2D eigenvalue weighted by Crippen LogP contribution is 2.17. The molecule has 3 nitrogen and oxygen atoms in total. The van der Waals surface area contributed by atoms with Crippen molar-refractivity contribution in [2.75, 3.05) is 23.7 Å². The summed E-state index contributed by atoms with van der Waals surface area (Å²) in [6, 6.07) is 3.89. The lowest BCUT2D eigenvalue weighted by atomic mass is 10.4. The van der Waals surface area contributed by atoms with E-state index in [1.807, 2.05) is 12.1 Å². The Kier molecular flexibility index (Phi) is 5.65. The van der Waals surface area contributed by atoms with Crippen LogP contribution >= 0.6 is 24.8 Å². The quantitative estimate of drug-likeness (QED) is 0.811. The van der Waals surface area contributed by atoms with Gasteiger partial charge in [-0.2, -0.15) is 0 Å². The van der Waals surface area contributed by atoms with Crippen molar-refractivity contribution in [2.24, 2.45) is 0 Å². The summed E-state index contributed by atoms with van der Waals surface area (Å²) in [4.78, 5) is 6.55. The summed E-state index contributed by atoms with van der Waals surface area (Å²) in [6.07, 6.45) is 4.28. The van der Waals surface area contributed by atoms with Gasteiger partial charge in [-0.1, -0.05) is 0 Å². The van der Waals surface area contributed by atoms with Gasteiger partial charge in [0.15, 0.2) is 0 Å². The lowest BCUT2D eigenvalue weighted by Crippen LogP contribution is -2.18. The fraction of sp³-hybridized carbons (Fsp3) is 0.444. The van der Waals surface area contributed by atoms with Crippen LogP contribution in [0.25, 0.3) is 0 Å². The summed E-state index contributed by atoms with van der Waals surface area (Å²) in [7, 11) is 0. The highest BCUT2D eigenvalue weighted by Gasteiger charge is 2.12. The summed E-state index contributed by atoms with van der Waals surface area (Å²) in [5, 5.41) is 0. The van der Waals surface area contributed by atoms with E-state index in [1.165, 1.54) is 12.8 Å². The standard InChI is InChI=1S/C9H13N3.2ClH/c10-8-3-4-9(11-7-8)12-5-1-2-6-12;;/h3-4,7H,1-2,5-6,10H2;2*1H. The van der Waals surface area contributed by atoms with Crippen LogP contribution in [-0.4, -0.2) is 18.1 Å². The van der Waals surface area contributed by atoms with Crippen LogP contribution in [0.3, 0.4) is 0 Å². The SMILES string of the molecule is Cl.Cl.Nc1ccc(N2CCCC2)nc1. The van der Waals surface area contributed by atoms with Crippen LogP contribution in [0.4, 0.5) is 11.5 Å². The summed E-state index contributed by atoms with van der Waals surface area (Å²) < 4.78 is 0. The molecule has 1 aromatic rings. The number of nitrogens with two attached hydrogens (primary N) is 1. The second-order valence-corrected chi connectivity index (χ2v) is 3.14. The van der Waals surface area contributed by atoms with Gasteiger partial charge in [-0.25, -0.2) is 4.98 Å². The number of pyridine rings is 1. The number of rotatable bonds is 1. The summed E-state index contributed by atoms with van der Waals surface area (Å²) >= 11 is 0. The van der Waals surface area contributed by atoms with Gasteiger partial charge in [0.1, 0.15) is 5.82 Å². The molecule has 1 saturated heterocycles. The molecular formula is C9H15Cl2N3. The third-order valence-corrected chi connectivity index (χ3v) is 2.20. The van der Waals surface area contributed by atoms with Crippen molar-refractivity contribution >= 4 is 36.3 Å². The van der Waals surface area contributed by atoms with Gasteiger partial charge in [0.05, 0.1) is 11.9 Å². The van der Waals surface area contributed by atoms with Gasteiger partial charge in [0.2, 0.25) is 0 Å². The number of hydrogen-bond donors (Lipinski definition) is 1. The number of nitrogens with zero attached hydrogens (tertiary/aromatic N) is 2. The Morgan fingerprint density at radius 1 is 1.14 bits per heavy atom. The molecule has 0 atom stereocenters. The molecule has 0 amide bonds. The molecule has 0 bridgehead atoms. The number of hydrogen-bond acceptors (Lipinski definition) is 3. The number of nitrogen functional groups attached to an aromatic ring is 1. The first-order valence-electron chi connectivity index (χ1n) is 4.33. The molecule has 0 aromatic carbocycles. The molecule has 2 N–H and O–H groups in total. The van der Waals surface area contributed by atoms with Crippen LogP contribution in [0.15, 0.2) is 18.3 Å². The fourth-order valence-electron chi connectivity index (χ4n) is 1.53. The van der Waals surface area contributed by atoms with Crippen molar-refractivity contribution in [3.8, 4) is 0 Å². The van der Waals surface area contributed by atoms with Crippen LogP contribution in [0.2, 0.25) is 0 Å². The van der Waals surface area contributed by atoms with Crippen molar-refractivity contribution in [1.82, 2.24) is 4.98 Å². The first kappa shape index (κ1) is 13.3. The van der Waals surface area contributed by atoms with Crippen molar-refractivity contribution < 1.29 is 0 Å². The molecular weight excluding hydrogens is 221 g/mol. The molecule has 1 aliphatic rings. The van der Waals surface area contributed by atoms with Gasteiger partial charge in [-0.05, 0) is 25.0 Å². The largest absolute Gasteiger partial charge is 0.397 e. The zero-order valence-electron chi connectivity index (χ0n) is 7.85. The van der Waals surface area contributed by atoms with Crippen molar-refractivity contribution in [2.45, 2.75) is 12.8 Å². The molecule has 1 aromatic heterocycles. The maximum absolute atomic E-state index is 5.54. The van der Waals surface area contributed by atoms with Gasteiger partial charge in [0.25, 0.3) is 0 Å². The second kappa shape index (κ2) is 5.94. The first-order valence-corrected chi connectivity index (χ1v) is 4.33. The Morgan fingerprint density at radius 3 is 2.29 bits per heavy atom. The van der Waals surface area contributed by atoms with E-state index in [-0.39, 0.29) is 24.8 Å². The van der Waals surface area contributed by atoms with E-state index < -0.39 is 0 Å². The Labute approximate surface area is 96.5 Å². The van der Waals surface area contributed by atoms with Crippen LogP contribution in [0.5, 0.6) is 0 Å². The number of aromatic nitrogens is 1. The van der Waals surface area contributed by atoms with E-state index in [9.17, 15) is 0 Å². The van der Waals surface area contributed by atoms with Gasteiger partial charge >= 0.3 is 0 Å². The van der Waals surface area contributed by atoms with Gasteiger partial charge in [-0.15, -0.1) is 24.8 Å². The van der Waals surface area contributed by atoms with Crippen LogP contribution in [0, 0.1) is 0 Å². The Bertz CT molecular complexity index is 257. The lowest BCUT2D eigenvalue weighted by Gasteiger charge is -2.15. The normalized spacial score (nSPS) is 14.4. The third-order valence-electron chi connectivity index (χ3n) is 2.20. The number of anilines is 2. The molecule has 0 radical (unpaired) electrons. The Morgan fingerprint density at radius 2 is 1.79 bits per heavy atom. The maximum atomic E-state index is 5.54. The monoisotopic (exact) mass is 235 g/mol. The molecule has 0 aliphatic carbocycles. The zero-order valence-corrected chi connectivity index (χ0v) is 9.48. The highest BCUT2D eigenvalue weighted by atomic mass is 35.5. The van der Waals surface area contributed by atoms with Gasteiger partial charge in [0, 0.05) is 13.1 Å². The lowest BCUT2D eigenvalue weighted by molar-refractivity contribution is 0.938. The summed E-state index contributed by atoms with van der Waals surface area (Å²) in [5.41, 5.74) is 6.28. The minimum absolute atomic E-state index is 0. The zero-order chi connectivity index (χ0) is 8.39. The van der Waals surface area contributed by atoms with E-state index in [0.717, 1.165) is 24.6 Å². The molecule has 0 spiro atoms. The number of halogens is 2. The van der Waals surface area contributed by atoms with Crippen LogP contribution < -0.4 is 10.6 Å². The molecule has 2 rings (SSSR count). The topological polar surface area (TPSA) is 42.1 Å². The Hall–Kier alpha value is -0.670. The summed E-state index contributed by atoms with van der Waals surface area (Å²) in [5.74, 6) is 1.06. The molecule has 2 heterocycles. The van der Waals surface area contributed by atoms with Gasteiger partial charge in [-0.3, -0.25) is 0 Å². The second-order valence-electron chi connectivity index (χ2n) is 3.14. The average molecular weight is 236 g/mol. The molecule has 14 heavy (non-hydrogen) atoms. The van der Waals surface area contributed by atoms with E-state index >= 15 is 0 Å². The van der Waals surface area contributed by atoms with Crippen LogP contribution in [-0.2, 0) is 0 Å². The molecule has 1 aliphatic heterocycles. The van der Waals surface area contributed by atoms with Crippen molar-refractivity contribution in [3.63, 3.8) is 0 Å². The van der Waals surface area contributed by atoms with E-state index in [4.69, 9.17) is 5.73 Å². The van der Waals surface area contributed by atoms with E-state index in [0.29, 0.717) is 0 Å². The molecule has 80 valence electrons. The predicted molar refractivity (Wildman–Crippen MR) is 64.6 cm³/mol. The minimum Gasteiger partial charge on any atom is -0.397 e. The van der Waals surface area contributed by atoms with Crippen LogP contribution in [0.1, 0.15) is 12.8 Å². The fourth-order valence-corrected chi connectivity index (χ4v) is 1.53. The smallest absolute Gasteiger partial charge is 0.128 e. The van der Waals surface area contributed by atoms with E-state index in [1.54, 1.807) is 6.20 Å². The van der Waals surface area contributed by atoms with Gasteiger partial charge < -0.3 is 10.6 Å². The molecule has 0 saturated carbocycles. The molecule has 1 fully saturated rings. The predicted octanol–water partition coefficient (Wildman–Crippen LogP) is 2.11. The van der Waals surface area contributed by atoms with E-state index in [2.05, 4.69) is 9.88 Å². The maximum Gasteiger partial charge on any atom is 0.128 e. The molecule has 0 unspecified atom stereocenters. The third kappa shape index (κ3) is 2.93. The van der Waals surface area contributed by atoms with Crippen molar-refractivity contribution in [3.05, 3.63) is 18.3 Å². The average Bonchev–Trinajstić information content (AvgIpc) is 2.58. The highest BCUT2D eigenvalue weighted by molar-refractivity contribution is 5.85. The Balaban J connectivity index is 0.000000845. The van der Waals surface area contributed by atoms with Crippen molar-refractivity contribution in [1.29, 1.82) is 0 Å². The minimum atomic E-state index is 0.